The molecule has 0 atom stereocenters. The molecule has 0 radical (unpaired) electrons. The van der Waals surface area contributed by atoms with Gasteiger partial charge in [-0.2, -0.15) is 0 Å². The summed E-state index contributed by atoms with van der Waals surface area (Å²) < 4.78 is 0. The Morgan fingerprint density at radius 3 is 1.00 bits per heavy atom. The van der Waals surface area contributed by atoms with Crippen molar-refractivity contribution in [3.63, 3.8) is 0 Å². The molecule has 0 N–H and O–H groups in total. The molecular formula is C16H29N5O5. The van der Waals surface area contributed by atoms with Gasteiger partial charge in [-0.25, -0.2) is 0 Å². The van der Waals surface area contributed by atoms with Crippen molar-refractivity contribution in [1.29, 1.82) is 0 Å². The molecule has 10 nitrogen and oxygen atoms in total. The molecule has 0 unspecified atom stereocenters. The molecule has 0 aromatic heterocycles. The Hall–Kier alpha value is -2.65. The van der Waals surface area contributed by atoms with Gasteiger partial charge in [0.15, 0.2) is 0 Å². The minimum absolute atomic E-state index is 0.0434. The number of nitrogens with zero attached hydrogens (tertiary/aromatic N) is 5. The van der Waals surface area contributed by atoms with Gasteiger partial charge in [-0.3, -0.25) is 24.0 Å². The highest BCUT2D eigenvalue weighted by Gasteiger charge is 2.27. The number of hydrogen-bond acceptors (Lipinski definition) is 5. The summed E-state index contributed by atoms with van der Waals surface area (Å²) in [6.45, 7) is 8.32. The van der Waals surface area contributed by atoms with E-state index in [9.17, 15) is 24.0 Å². The SMILES string of the molecule is CC(=O)N(C)CN(C)C(C)=O.CC(=O)N1CN(C(C)=O)CN(C(C)=O)C1. The molecule has 1 rings (SSSR count). The van der Waals surface area contributed by atoms with Crippen molar-refractivity contribution in [3.8, 4) is 0 Å². The normalized spacial score (nSPS) is 13.4. The number of carbonyl (C=O) groups is 5. The quantitative estimate of drug-likeness (QED) is 0.599. The van der Waals surface area contributed by atoms with Crippen LogP contribution in [0, 0.1) is 0 Å². The van der Waals surface area contributed by atoms with E-state index in [1.165, 1.54) is 59.1 Å². The van der Waals surface area contributed by atoms with Crippen molar-refractivity contribution in [2.24, 2.45) is 0 Å². The first-order valence-electron chi connectivity index (χ1n) is 8.06. The van der Waals surface area contributed by atoms with E-state index in [0.717, 1.165) is 0 Å². The third-order valence-electron chi connectivity index (χ3n) is 3.86. The maximum Gasteiger partial charge on any atom is 0.222 e. The minimum Gasteiger partial charge on any atom is -0.328 e. The highest BCUT2D eigenvalue weighted by Crippen LogP contribution is 2.08. The summed E-state index contributed by atoms with van der Waals surface area (Å²) in [5.41, 5.74) is 0. The number of amides is 5. The molecule has 26 heavy (non-hydrogen) atoms. The van der Waals surface area contributed by atoms with E-state index in [1.807, 2.05) is 0 Å². The molecule has 1 heterocycles. The van der Waals surface area contributed by atoms with Gasteiger partial charge in [0.1, 0.15) is 0 Å². The van der Waals surface area contributed by atoms with E-state index in [2.05, 4.69) is 0 Å². The predicted molar refractivity (Wildman–Crippen MR) is 93.9 cm³/mol. The summed E-state index contributed by atoms with van der Waals surface area (Å²) in [6, 6.07) is 0. The monoisotopic (exact) mass is 371 g/mol. The summed E-state index contributed by atoms with van der Waals surface area (Å²) in [5.74, 6) is -0.525. The van der Waals surface area contributed by atoms with Crippen molar-refractivity contribution in [2.75, 3.05) is 40.8 Å². The second-order valence-corrected chi connectivity index (χ2v) is 6.18. The fourth-order valence-corrected chi connectivity index (χ4v) is 1.87. The van der Waals surface area contributed by atoms with Crippen LogP contribution in [-0.4, -0.2) is 94.8 Å². The molecule has 5 amide bonds. The minimum atomic E-state index is -0.146. The smallest absolute Gasteiger partial charge is 0.222 e. The molecule has 1 fully saturated rings. The number of rotatable bonds is 2. The van der Waals surface area contributed by atoms with Crippen LogP contribution in [0.15, 0.2) is 0 Å². The third-order valence-corrected chi connectivity index (χ3v) is 3.86. The van der Waals surface area contributed by atoms with E-state index >= 15 is 0 Å². The van der Waals surface area contributed by atoms with Crippen LogP contribution in [0.25, 0.3) is 0 Å². The Morgan fingerprint density at radius 2 is 0.846 bits per heavy atom. The lowest BCUT2D eigenvalue weighted by molar-refractivity contribution is -0.155. The summed E-state index contributed by atoms with van der Waals surface area (Å²) >= 11 is 0. The number of carbonyl (C=O) groups excluding carboxylic acids is 5. The number of hydrogen-bond donors (Lipinski definition) is 0. The van der Waals surface area contributed by atoms with Crippen LogP contribution in [0.2, 0.25) is 0 Å². The third kappa shape index (κ3) is 7.95. The Labute approximate surface area is 154 Å². The molecule has 0 aliphatic carbocycles. The first-order chi connectivity index (χ1) is 11.9. The van der Waals surface area contributed by atoms with E-state index in [-0.39, 0.29) is 49.5 Å². The molecule has 1 aliphatic heterocycles. The van der Waals surface area contributed by atoms with E-state index < -0.39 is 0 Å². The lowest BCUT2D eigenvalue weighted by atomic mass is 10.4. The zero-order valence-electron chi connectivity index (χ0n) is 16.6. The molecule has 1 saturated heterocycles. The summed E-state index contributed by atoms with van der Waals surface area (Å²) in [6.07, 6.45) is 0. The van der Waals surface area contributed by atoms with Crippen LogP contribution in [0.3, 0.4) is 0 Å². The maximum atomic E-state index is 11.2. The van der Waals surface area contributed by atoms with E-state index in [4.69, 9.17) is 0 Å². The molecular weight excluding hydrogens is 342 g/mol. The molecule has 148 valence electrons. The topological polar surface area (TPSA) is 102 Å². The van der Waals surface area contributed by atoms with Gasteiger partial charge < -0.3 is 24.5 Å². The molecule has 10 heteroatoms. The van der Waals surface area contributed by atoms with Gasteiger partial charge in [0.2, 0.25) is 29.5 Å². The van der Waals surface area contributed by atoms with E-state index in [0.29, 0.717) is 6.67 Å². The first kappa shape index (κ1) is 23.4. The second kappa shape index (κ2) is 10.4. The fourth-order valence-electron chi connectivity index (χ4n) is 1.87. The van der Waals surface area contributed by atoms with Gasteiger partial charge in [-0.05, 0) is 0 Å². The van der Waals surface area contributed by atoms with Gasteiger partial charge in [-0.1, -0.05) is 0 Å². The molecule has 0 spiro atoms. The average molecular weight is 371 g/mol. The highest BCUT2D eigenvalue weighted by molar-refractivity contribution is 5.79. The van der Waals surface area contributed by atoms with Crippen molar-refractivity contribution in [1.82, 2.24) is 24.5 Å². The van der Waals surface area contributed by atoms with Gasteiger partial charge in [-0.15, -0.1) is 0 Å². The van der Waals surface area contributed by atoms with Crippen LogP contribution in [0.5, 0.6) is 0 Å². The van der Waals surface area contributed by atoms with Gasteiger partial charge >= 0.3 is 0 Å². The molecule has 0 aromatic carbocycles. The van der Waals surface area contributed by atoms with Crippen LogP contribution < -0.4 is 0 Å². The molecule has 1 aliphatic rings. The van der Waals surface area contributed by atoms with Crippen LogP contribution in [-0.2, 0) is 24.0 Å². The standard InChI is InChI=1S/C9H15N3O3.C7H14N2O2/c1-7(13)10-4-11(8(2)14)6-12(5-10)9(3)15;1-6(10)8(3)5-9(4)7(2)11/h4-6H2,1-3H3;5H2,1-4H3. The zero-order chi connectivity index (χ0) is 20.6. The van der Waals surface area contributed by atoms with Crippen molar-refractivity contribution in [2.45, 2.75) is 34.6 Å². The lowest BCUT2D eigenvalue weighted by Gasteiger charge is -2.41. The Kier molecular flexibility index (Phi) is 9.31. The molecule has 0 saturated carbocycles. The second-order valence-electron chi connectivity index (χ2n) is 6.18. The van der Waals surface area contributed by atoms with Crippen LogP contribution in [0.4, 0.5) is 0 Å². The highest BCUT2D eigenvalue weighted by atomic mass is 16.2. The first-order valence-corrected chi connectivity index (χ1v) is 8.06. The fraction of sp³-hybridized carbons (Fsp3) is 0.688. The molecule has 0 aromatic rings. The van der Waals surface area contributed by atoms with Gasteiger partial charge in [0.25, 0.3) is 0 Å². The van der Waals surface area contributed by atoms with Crippen molar-refractivity contribution in [3.05, 3.63) is 0 Å². The summed E-state index contributed by atoms with van der Waals surface area (Å²) in [7, 11) is 3.31. The summed E-state index contributed by atoms with van der Waals surface area (Å²) in [5, 5.41) is 0. The Balaban J connectivity index is 0.000000508. The molecule has 0 bridgehead atoms. The predicted octanol–water partition coefficient (Wildman–Crippen LogP) is -0.681. The van der Waals surface area contributed by atoms with Crippen LogP contribution in [0.1, 0.15) is 34.6 Å². The largest absolute Gasteiger partial charge is 0.328 e. The van der Waals surface area contributed by atoms with E-state index in [1.54, 1.807) is 14.1 Å². The van der Waals surface area contributed by atoms with Crippen molar-refractivity contribution < 1.29 is 24.0 Å². The lowest BCUT2D eigenvalue weighted by Crippen LogP contribution is -2.58. The zero-order valence-corrected chi connectivity index (χ0v) is 16.6. The van der Waals surface area contributed by atoms with Crippen LogP contribution >= 0.6 is 0 Å². The average Bonchev–Trinajstić information content (AvgIpc) is 2.54. The van der Waals surface area contributed by atoms with Crippen molar-refractivity contribution >= 4 is 29.5 Å². The Morgan fingerprint density at radius 1 is 0.615 bits per heavy atom. The Bertz CT molecular complexity index is 494. The van der Waals surface area contributed by atoms with Gasteiger partial charge in [0.05, 0.1) is 26.7 Å². The van der Waals surface area contributed by atoms with Gasteiger partial charge in [0, 0.05) is 48.7 Å². The summed E-state index contributed by atoms with van der Waals surface area (Å²) in [4.78, 5) is 62.2. The maximum absolute atomic E-state index is 11.2.